The van der Waals surface area contributed by atoms with E-state index in [9.17, 15) is 0 Å². The Morgan fingerprint density at radius 1 is 0.778 bits per heavy atom. The summed E-state index contributed by atoms with van der Waals surface area (Å²) in [6, 6.07) is 0. The van der Waals surface area contributed by atoms with Crippen LogP contribution in [0.4, 0.5) is 0 Å². The SMILES string of the molecule is SC(S)CCCC(S)S. The average molecular weight is 200 g/mol. The molecule has 0 aliphatic heterocycles. The number of hydrogen-bond donors (Lipinski definition) is 4. The van der Waals surface area contributed by atoms with Crippen LogP contribution in [0.3, 0.4) is 0 Å². The van der Waals surface area contributed by atoms with Crippen molar-refractivity contribution in [2.75, 3.05) is 0 Å². The first-order valence-electron chi connectivity index (χ1n) is 2.85. The van der Waals surface area contributed by atoms with Gasteiger partial charge in [-0.05, 0) is 19.3 Å². The number of rotatable bonds is 4. The third-order valence-corrected chi connectivity index (χ3v) is 1.96. The molecule has 0 aliphatic carbocycles. The van der Waals surface area contributed by atoms with E-state index < -0.39 is 0 Å². The van der Waals surface area contributed by atoms with Crippen LogP contribution in [0, 0.1) is 0 Å². The second kappa shape index (κ2) is 6.13. The van der Waals surface area contributed by atoms with E-state index in [-0.39, 0.29) is 9.16 Å². The van der Waals surface area contributed by atoms with Crippen molar-refractivity contribution in [3.63, 3.8) is 0 Å². The Hall–Kier alpha value is 1.40. The highest BCUT2D eigenvalue weighted by Gasteiger charge is 1.97. The zero-order chi connectivity index (χ0) is 7.28. The smallest absolute Gasteiger partial charge is 0.0442 e. The molecule has 4 heteroatoms. The summed E-state index contributed by atoms with van der Waals surface area (Å²) >= 11 is 16.5. The van der Waals surface area contributed by atoms with Gasteiger partial charge in [-0.15, -0.1) is 0 Å². The Morgan fingerprint density at radius 2 is 1.11 bits per heavy atom. The maximum Gasteiger partial charge on any atom is 0.0442 e. The molecule has 0 aromatic heterocycles. The largest absolute Gasteiger partial charge is 0.165 e. The van der Waals surface area contributed by atoms with E-state index in [1.807, 2.05) is 0 Å². The van der Waals surface area contributed by atoms with Crippen LogP contribution in [0.1, 0.15) is 19.3 Å². The van der Waals surface area contributed by atoms with E-state index in [1.165, 1.54) is 0 Å². The van der Waals surface area contributed by atoms with Gasteiger partial charge in [-0.2, -0.15) is 50.5 Å². The Balaban J connectivity index is 2.91. The molecule has 0 saturated heterocycles. The lowest BCUT2D eigenvalue weighted by Crippen LogP contribution is -1.91. The van der Waals surface area contributed by atoms with Crippen LogP contribution >= 0.6 is 50.5 Å². The van der Waals surface area contributed by atoms with Gasteiger partial charge in [-0.1, -0.05) is 0 Å². The summed E-state index contributed by atoms with van der Waals surface area (Å²) in [4.78, 5) is 0. The molecule has 56 valence electrons. The lowest BCUT2D eigenvalue weighted by molar-refractivity contribution is 0.761. The van der Waals surface area contributed by atoms with E-state index in [2.05, 4.69) is 50.5 Å². The molecule has 0 aromatic rings. The summed E-state index contributed by atoms with van der Waals surface area (Å²) in [5.41, 5.74) is 0. The normalized spacial score (nSPS) is 11.3. The lowest BCUT2D eigenvalue weighted by atomic mass is 10.3. The molecule has 0 unspecified atom stereocenters. The molecule has 0 fully saturated rings. The molecule has 0 aliphatic rings. The molecule has 0 N–H and O–H groups in total. The first-order chi connectivity index (χ1) is 4.13. The van der Waals surface area contributed by atoms with Crippen molar-refractivity contribution in [1.29, 1.82) is 0 Å². The maximum absolute atomic E-state index is 4.11. The lowest BCUT2D eigenvalue weighted by Gasteiger charge is -2.03. The highest BCUT2D eigenvalue weighted by atomic mass is 32.2. The van der Waals surface area contributed by atoms with E-state index >= 15 is 0 Å². The predicted octanol–water partition coefficient (Wildman–Crippen LogP) is 2.53. The van der Waals surface area contributed by atoms with E-state index in [0.717, 1.165) is 19.3 Å². The van der Waals surface area contributed by atoms with Crippen molar-refractivity contribution in [2.45, 2.75) is 28.4 Å². The van der Waals surface area contributed by atoms with Gasteiger partial charge in [0.05, 0.1) is 0 Å². The topological polar surface area (TPSA) is 0 Å². The molecule has 0 nitrogen and oxygen atoms in total. The Labute approximate surface area is 78.8 Å². The standard InChI is InChI=1S/C5H12S4/c6-4(7)2-1-3-5(8)9/h4-9H,1-3H2. The minimum Gasteiger partial charge on any atom is -0.165 e. The second-order valence-electron chi connectivity index (χ2n) is 1.89. The third-order valence-electron chi connectivity index (χ3n) is 0.925. The Kier molecular flexibility index (Phi) is 7.09. The van der Waals surface area contributed by atoms with Gasteiger partial charge in [-0.25, -0.2) is 0 Å². The van der Waals surface area contributed by atoms with E-state index in [1.54, 1.807) is 0 Å². The predicted molar refractivity (Wildman–Crippen MR) is 57.4 cm³/mol. The summed E-state index contributed by atoms with van der Waals surface area (Å²) in [7, 11) is 0. The van der Waals surface area contributed by atoms with Crippen LogP contribution in [0.5, 0.6) is 0 Å². The Morgan fingerprint density at radius 3 is 1.33 bits per heavy atom. The summed E-state index contributed by atoms with van der Waals surface area (Å²) in [6.07, 6.45) is 3.17. The third kappa shape index (κ3) is 9.40. The molecule has 0 amide bonds. The highest BCUT2D eigenvalue weighted by Crippen LogP contribution is 2.15. The molecule has 0 spiro atoms. The van der Waals surface area contributed by atoms with Crippen LogP contribution in [0.15, 0.2) is 0 Å². The van der Waals surface area contributed by atoms with Crippen molar-refractivity contribution in [1.82, 2.24) is 0 Å². The fraction of sp³-hybridized carbons (Fsp3) is 1.00. The van der Waals surface area contributed by atoms with Gasteiger partial charge >= 0.3 is 0 Å². The minimum absolute atomic E-state index is 0.213. The molecule has 0 heterocycles. The van der Waals surface area contributed by atoms with Crippen molar-refractivity contribution in [2.24, 2.45) is 0 Å². The molecule has 0 atom stereocenters. The van der Waals surface area contributed by atoms with Gasteiger partial charge < -0.3 is 0 Å². The number of hydrogen-bond acceptors (Lipinski definition) is 4. The molecule has 0 aromatic carbocycles. The fourth-order valence-electron chi connectivity index (χ4n) is 0.483. The molecule has 9 heavy (non-hydrogen) atoms. The van der Waals surface area contributed by atoms with Crippen LogP contribution in [0.25, 0.3) is 0 Å². The zero-order valence-corrected chi connectivity index (χ0v) is 8.64. The van der Waals surface area contributed by atoms with Gasteiger partial charge in [0.15, 0.2) is 0 Å². The van der Waals surface area contributed by atoms with E-state index in [0.29, 0.717) is 0 Å². The summed E-state index contributed by atoms with van der Waals surface area (Å²) in [6.45, 7) is 0. The van der Waals surface area contributed by atoms with Gasteiger partial charge in [0.2, 0.25) is 0 Å². The van der Waals surface area contributed by atoms with Crippen molar-refractivity contribution >= 4 is 50.5 Å². The Bertz CT molecular complexity index is 54.0. The van der Waals surface area contributed by atoms with Gasteiger partial charge in [0, 0.05) is 9.16 Å². The highest BCUT2D eigenvalue weighted by molar-refractivity contribution is 7.99. The van der Waals surface area contributed by atoms with E-state index in [4.69, 9.17) is 0 Å². The zero-order valence-electron chi connectivity index (χ0n) is 5.06. The van der Waals surface area contributed by atoms with Crippen molar-refractivity contribution in [3.8, 4) is 0 Å². The maximum atomic E-state index is 4.11. The molecular formula is C5H12S4. The minimum atomic E-state index is 0.213. The molecule has 0 saturated carbocycles. The van der Waals surface area contributed by atoms with Crippen molar-refractivity contribution in [3.05, 3.63) is 0 Å². The second-order valence-corrected chi connectivity index (χ2v) is 5.20. The summed E-state index contributed by atoms with van der Waals surface area (Å²) in [5.74, 6) is 0. The molecule has 0 bridgehead atoms. The van der Waals surface area contributed by atoms with Crippen LogP contribution in [0.2, 0.25) is 0 Å². The average Bonchev–Trinajstić information content (AvgIpc) is 1.63. The van der Waals surface area contributed by atoms with Gasteiger partial charge in [0.1, 0.15) is 0 Å². The van der Waals surface area contributed by atoms with Crippen LogP contribution < -0.4 is 0 Å². The fourth-order valence-corrected chi connectivity index (χ4v) is 1.21. The summed E-state index contributed by atoms with van der Waals surface area (Å²) in [5, 5.41) is 0. The van der Waals surface area contributed by atoms with Gasteiger partial charge in [0.25, 0.3) is 0 Å². The van der Waals surface area contributed by atoms with Crippen LogP contribution in [-0.4, -0.2) is 9.16 Å². The first kappa shape index (κ1) is 10.4. The monoisotopic (exact) mass is 200 g/mol. The molecule has 0 radical (unpaired) electrons. The van der Waals surface area contributed by atoms with Crippen LogP contribution in [-0.2, 0) is 0 Å². The first-order valence-corrected chi connectivity index (χ1v) is 4.91. The van der Waals surface area contributed by atoms with Crippen molar-refractivity contribution < 1.29 is 0 Å². The van der Waals surface area contributed by atoms with Gasteiger partial charge in [-0.3, -0.25) is 0 Å². The summed E-state index contributed by atoms with van der Waals surface area (Å²) < 4.78 is 0.427. The quantitative estimate of drug-likeness (QED) is 0.389. The molecular weight excluding hydrogens is 188 g/mol. The number of thiol groups is 4. The molecule has 0 rings (SSSR count).